The first-order valence-electron chi connectivity index (χ1n) is 8.38. The Morgan fingerprint density at radius 2 is 2.04 bits per heavy atom. The van der Waals surface area contributed by atoms with Crippen LogP contribution in [0, 0.1) is 12.3 Å². The van der Waals surface area contributed by atoms with Crippen LogP contribution < -0.4 is 4.90 Å². The van der Waals surface area contributed by atoms with E-state index in [-0.39, 0.29) is 5.60 Å². The quantitative estimate of drug-likeness (QED) is 0.767. The van der Waals surface area contributed by atoms with Gasteiger partial charge in [0.1, 0.15) is 0 Å². The largest absolute Gasteiger partial charge is 0.389 e. The van der Waals surface area contributed by atoms with Gasteiger partial charge in [0.05, 0.1) is 18.3 Å². The lowest BCUT2D eigenvalue weighted by atomic mass is 10.1. The van der Waals surface area contributed by atoms with Crippen molar-refractivity contribution < 1.29 is 9.84 Å². The molecule has 1 aliphatic heterocycles. The minimum Gasteiger partial charge on any atom is -0.389 e. The van der Waals surface area contributed by atoms with Crippen LogP contribution >= 0.6 is 11.6 Å². The molecule has 132 valence electrons. The van der Waals surface area contributed by atoms with Crippen LogP contribution in [0.5, 0.6) is 0 Å². The molecular weight excluding hydrogens is 324 g/mol. The molecule has 1 saturated heterocycles. The predicted molar refractivity (Wildman–Crippen MR) is 99.6 cm³/mol. The first-order valence-corrected chi connectivity index (χ1v) is 8.76. The number of hydrogen-bond donors (Lipinski definition) is 1. The molecular formula is C19H27ClN2O2. The molecule has 4 nitrogen and oxygen atoms in total. The zero-order valence-corrected chi connectivity index (χ0v) is 15.3. The van der Waals surface area contributed by atoms with Crippen molar-refractivity contribution in [3.8, 4) is 12.3 Å². The van der Waals surface area contributed by atoms with Crippen molar-refractivity contribution >= 4 is 17.3 Å². The fourth-order valence-electron chi connectivity index (χ4n) is 2.83. The lowest BCUT2D eigenvalue weighted by Crippen LogP contribution is -2.49. The van der Waals surface area contributed by atoms with Crippen molar-refractivity contribution in [2.45, 2.75) is 32.0 Å². The van der Waals surface area contributed by atoms with E-state index in [2.05, 4.69) is 21.8 Å². The highest BCUT2D eigenvalue weighted by Crippen LogP contribution is 2.21. The molecule has 0 saturated carbocycles. The van der Waals surface area contributed by atoms with E-state index >= 15 is 0 Å². The molecule has 1 aromatic carbocycles. The lowest BCUT2D eigenvalue weighted by molar-refractivity contribution is -0.0632. The molecule has 1 N–H and O–H groups in total. The van der Waals surface area contributed by atoms with E-state index in [1.54, 1.807) is 0 Å². The lowest BCUT2D eigenvalue weighted by Gasteiger charge is -2.37. The summed E-state index contributed by atoms with van der Waals surface area (Å²) in [7, 11) is 0. The molecule has 5 heteroatoms. The number of aliphatic hydroxyl groups excluding tert-OH is 1. The SMILES string of the molecule is C#CCC(C)(C)OCC(O)CN1CCN(c2cccc(Cl)c2)CC1. The second-order valence-electron chi connectivity index (χ2n) is 6.87. The fraction of sp³-hybridized carbons (Fsp3) is 0.579. The molecule has 1 aromatic rings. The number of β-amino-alcohol motifs (C(OH)–C–C–N with tert-alkyl or cyclic N) is 1. The van der Waals surface area contributed by atoms with Crippen molar-refractivity contribution in [1.29, 1.82) is 0 Å². The average molecular weight is 351 g/mol. The Balaban J connectivity index is 1.74. The highest BCUT2D eigenvalue weighted by atomic mass is 35.5. The first kappa shape index (κ1) is 19.1. The van der Waals surface area contributed by atoms with E-state index in [1.165, 1.54) is 0 Å². The zero-order valence-electron chi connectivity index (χ0n) is 14.5. The van der Waals surface area contributed by atoms with Crippen molar-refractivity contribution in [3.05, 3.63) is 29.3 Å². The Hall–Kier alpha value is -1.25. The van der Waals surface area contributed by atoms with Crippen LogP contribution in [0.15, 0.2) is 24.3 Å². The monoisotopic (exact) mass is 350 g/mol. The van der Waals surface area contributed by atoms with E-state index in [0.29, 0.717) is 19.6 Å². The van der Waals surface area contributed by atoms with Gasteiger partial charge < -0.3 is 14.7 Å². The molecule has 2 rings (SSSR count). The van der Waals surface area contributed by atoms with Crippen LogP contribution in [-0.2, 0) is 4.74 Å². The number of halogens is 1. The Kier molecular flexibility index (Phi) is 6.94. The minimum atomic E-state index is -0.500. The van der Waals surface area contributed by atoms with E-state index in [1.807, 2.05) is 32.0 Å². The molecule has 1 aliphatic rings. The molecule has 1 unspecified atom stereocenters. The zero-order chi connectivity index (χ0) is 17.6. The Morgan fingerprint density at radius 1 is 1.33 bits per heavy atom. The number of ether oxygens (including phenoxy) is 1. The van der Waals surface area contributed by atoms with Gasteiger partial charge in [-0.1, -0.05) is 17.7 Å². The Labute approximate surface area is 150 Å². The summed E-state index contributed by atoms with van der Waals surface area (Å²) >= 11 is 6.06. The summed E-state index contributed by atoms with van der Waals surface area (Å²) < 4.78 is 5.73. The maximum Gasteiger partial charge on any atom is 0.0900 e. The van der Waals surface area contributed by atoms with Crippen LogP contribution in [0.1, 0.15) is 20.3 Å². The van der Waals surface area contributed by atoms with Gasteiger partial charge in [0.25, 0.3) is 0 Å². The highest BCUT2D eigenvalue weighted by molar-refractivity contribution is 6.30. The second kappa shape index (κ2) is 8.73. The molecule has 0 bridgehead atoms. The van der Waals surface area contributed by atoms with Crippen molar-refractivity contribution in [2.24, 2.45) is 0 Å². The van der Waals surface area contributed by atoms with Gasteiger partial charge in [0.2, 0.25) is 0 Å². The smallest absolute Gasteiger partial charge is 0.0900 e. The molecule has 24 heavy (non-hydrogen) atoms. The maximum absolute atomic E-state index is 10.2. The highest BCUT2D eigenvalue weighted by Gasteiger charge is 2.22. The number of nitrogens with zero attached hydrogens (tertiary/aromatic N) is 2. The van der Waals surface area contributed by atoms with Gasteiger partial charge >= 0.3 is 0 Å². The number of rotatable bonds is 7. The molecule has 0 amide bonds. The summed E-state index contributed by atoms with van der Waals surface area (Å²) in [6.45, 7) is 8.51. The third-order valence-electron chi connectivity index (χ3n) is 4.21. The van der Waals surface area contributed by atoms with Crippen LogP contribution in [0.25, 0.3) is 0 Å². The topological polar surface area (TPSA) is 35.9 Å². The normalized spacial score (nSPS) is 17.5. The second-order valence-corrected chi connectivity index (χ2v) is 7.31. The van der Waals surface area contributed by atoms with Gasteiger partial charge in [-0.05, 0) is 32.0 Å². The third-order valence-corrected chi connectivity index (χ3v) is 4.44. The average Bonchev–Trinajstić information content (AvgIpc) is 2.54. The summed E-state index contributed by atoms with van der Waals surface area (Å²) in [6.07, 6.45) is 5.37. The third kappa shape index (κ3) is 5.99. The Bertz CT molecular complexity index is 563. The minimum absolute atomic E-state index is 0.309. The predicted octanol–water partition coefficient (Wildman–Crippen LogP) is 2.64. The van der Waals surface area contributed by atoms with Gasteiger partial charge in [0, 0.05) is 49.9 Å². The summed E-state index contributed by atoms with van der Waals surface area (Å²) in [6, 6.07) is 7.94. The molecule has 0 aromatic heterocycles. The van der Waals surface area contributed by atoms with Gasteiger partial charge in [-0.3, -0.25) is 4.90 Å². The van der Waals surface area contributed by atoms with Crippen LogP contribution in [-0.4, -0.2) is 61.0 Å². The van der Waals surface area contributed by atoms with E-state index in [4.69, 9.17) is 22.8 Å². The van der Waals surface area contributed by atoms with Crippen LogP contribution in [0.4, 0.5) is 5.69 Å². The number of benzene rings is 1. The van der Waals surface area contributed by atoms with Crippen molar-refractivity contribution in [2.75, 3.05) is 44.2 Å². The van der Waals surface area contributed by atoms with E-state index in [9.17, 15) is 5.11 Å². The number of terminal acetylenes is 1. The van der Waals surface area contributed by atoms with Gasteiger partial charge in [-0.15, -0.1) is 12.3 Å². The van der Waals surface area contributed by atoms with Gasteiger partial charge in [-0.2, -0.15) is 0 Å². The number of hydrogen-bond acceptors (Lipinski definition) is 4. The number of aliphatic hydroxyl groups is 1. The maximum atomic E-state index is 10.2. The molecule has 0 aliphatic carbocycles. The standard InChI is InChI=1S/C19H27ClN2O2/c1-4-8-19(2,3)24-15-18(23)14-21-9-11-22(12-10-21)17-7-5-6-16(20)13-17/h1,5-7,13,18,23H,8-12,14-15H2,2-3H3. The van der Waals surface area contributed by atoms with Crippen molar-refractivity contribution in [3.63, 3.8) is 0 Å². The summed E-state index contributed by atoms with van der Waals surface area (Å²) in [5.41, 5.74) is 0.767. The number of piperazine rings is 1. The summed E-state index contributed by atoms with van der Waals surface area (Å²) in [5, 5.41) is 11.0. The van der Waals surface area contributed by atoms with Crippen molar-refractivity contribution in [1.82, 2.24) is 4.90 Å². The van der Waals surface area contributed by atoms with E-state index < -0.39 is 6.10 Å². The van der Waals surface area contributed by atoms with Gasteiger partial charge in [0.15, 0.2) is 0 Å². The summed E-state index contributed by atoms with van der Waals surface area (Å²) in [5.74, 6) is 2.61. The molecule has 0 spiro atoms. The number of anilines is 1. The molecule has 1 atom stereocenters. The fourth-order valence-corrected chi connectivity index (χ4v) is 3.02. The first-order chi connectivity index (χ1) is 11.4. The van der Waals surface area contributed by atoms with Crippen LogP contribution in [0.2, 0.25) is 5.02 Å². The summed E-state index contributed by atoms with van der Waals surface area (Å²) in [4.78, 5) is 4.59. The molecule has 1 heterocycles. The molecule has 0 radical (unpaired) electrons. The molecule has 1 fully saturated rings. The Morgan fingerprint density at radius 3 is 2.67 bits per heavy atom. The van der Waals surface area contributed by atoms with Crippen LogP contribution in [0.3, 0.4) is 0 Å². The van der Waals surface area contributed by atoms with E-state index in [0.717, 1.165) is 36.9 Å². The van der Waals surface area contributed by atoms with Gasteiger partial charge in [-0.25, -0.2) is 0 Å².